The molecule has 2 aromatic carbocycles. The molecule has 176 valence electrons. The van der Waals surface area contributed by atoms with E-state index in [1.165, 1.54) is 22.8 Å². The standard InChI is InChI=1S/C25H26N4O5/c1-28(12-11-23(30)31)24(32)20-13-27-29(2)22(20)14-26-25(33)34-15-21-18-9-5-3-7-16(18)17-8-4-6-10-19(17)21/h3-10,13,21H,11-12,14-15H2,1-2H3,(H,26,33)(H,30,31). The molecule has 0 bridgehead atoms. The monoisotopic (exact) mass is 462 g/mol. The number of aryl methyl sites for hydroxylation is 1. The third-order valence-electron chi connectivity index (χ3n) is 6.04. The Labute approximate surface area is 196 Å². The van der Waals surface area contributed by atoms with Crippen LogP contribution in [0.4, 0.5) is 4.79 Å². The van der Waals surface area contributed by atoms with Crippen molar-refractivity contribution < 1.29 is 24.2 Å². The lowest BCUT2D eigenvalue weighted by Crippen LogP contribution is -2.31. The molecule has 2 amide bonds. The van der Waals surface area contributed by atoms with Crippen molar-refractivity contribution in [2.75, 3.05) is 20.2 Å². The number of hydrogen-bond donors (Lipinski definition) is 2. The van der Waals surface area contributed by atoms with Crippen molar-refractivity contribution in [3.05, 3.63) is 77.1 Å². The van der Waals surface area contributed by atoms with E-state index in [0.717, 1.165) is 22.3 Å². The van der Waals surface area contributed by atoms with Gasteiger partial charge in [0.05, 0.1) is 30.4 Å². The Bertz CT molecular complexity index is 1190. The zero-order valence-corrected chi connectivity index (χ0v) is 19.0. The normalized spacial score (nSPS) is 12.1. The molecule has 0 atom stereocenters. The zero-order chi connectivity index (χ0) is 24.2. The van der Waals surface area contributed by atoms with Gasteiger partial charge < -0.3 is 20.1 Å². The van der Waals surface area contributed by atoms with Gasteiger partial charge >= 0.3 is 12.1 Å². The number of aliphatic carboxylic acids is 1. The fraction of sp³-hybridized carbons (Fsp3) is 0.280. The van der Waals surface area contributed by atoms with E-state index in [9.17, 15) is 14.4 Å². The van der Waals surface area contributed by atoms with Crippen molar-refractivity contribution in [3.63, 3.8) is 0 Å². The van der Waals surface area contributed by atoms with Crippen LogP contribution in [0.25, 0.3) is 11.1 Å². The Balaban J connectivity index is 1.38. The number of alkyl carbamates (subject to hydrolysis) is 1. The fourth-order valence-electron chi connectivity index (χ4n) is 4.23. The van der Waals surface area contributed by atoms with Crippen molar-refractivity contribution in [2.24, 2.45) is 7.05 Å². The van der Waals surface area contributed by atoms with Crippen LogP contribution in [0.2, 0.25) is 0 Å². The molecule has 34 heavy (non-hydrogen) atoms. The highest BCUT2D eigenvalue weighted by atomic mass is 16.5. The van der Waals surface area contributed by atoms with Crippen molar-refractivity contribution >= 4 is 18.0 Å². The van der Waals surface area contributed by atoms with Gasteiger partial charge in [-0.15, -0.1) is 0 Å². The number of carboxylic acid groups (broad SMARTS) is 1. The summed E-state index contributed by atoms with van der Waals surface area (Å²) in [5, 5.41) is 15.6. The third-order valence-corrected chi connectivity index (χ3v) is 6.04. The second-order valence-corrected chi connectivity index (χ2v) is 8.18. The number of benzene rings is 2. The van der Waals surface area contributed by atoms with E-state index in [4.69, 9.17) is 9.84 Å². The first-order chi connectivity index (χ1) is 16.4. The van der Waals surface area contributed by atoms with Gasteiger partial charge in [0.15, 0.2) is 0 Å². The smallest absolute Gasteiger partial charge is 0.407 e. The van der Waals surface area contributed by atoms with Gasteiger partial charge in [0.2, 0.25) is 0 Å². The number of aromatic nitrogens is 2. The van der Waals surface area contributed by atoms with E-state index < -0.39 is 12.1 Å². The minimum Gasteiger partial charge on any atom is -0.481 e. The van der Waals surface area contributed by atoms with E-state index >= 15 is 0 Å². The van der Waals surface area contributed by atoms with Gasteiger partial charge in [0.1, 0.15) is 6.61 Å². The average molecular weight is 463 g/mol. The molecule has 4 rings (SSSR count). The molecule has 0 radical (unpaired) electrons. The Kier molecular flexibility index (Phi) is 6.62. The predicted molar refractivity (Wildman–Crippen MR) is 124 cm³/mol. The summed E-state index contributed by atoms with van der Waals surface area (Å²) in [4.78, 5) is 37.3. The van der Waals surface area contributed by atoms with Crippen molar-refractivity contribution in [2.45, 2.75) is 18.9 Å². The molecule has 1 aliphatic rings. The number of fused-ring (bicyclic) bond motifs is 3. The average Bonchev–Trinajstić information content (AvgIpc) is 3.36. The van der Waals surface area contributed by atoms with Crippen molar-refractivity contribution in [3.8, 4) is 11.1 Å². The van der Waals surface area contributed by atoms with E-state index in [1.54, 1.807) is 7.05 Å². The van der Waals surface area contributed by atoms with E-state index in [1.807, 2.05) is 24.3 Å². The maximum Gasteiger partial charge on any atom is 0.407 e. The number of carboxylic acids is 1. The molecular formula is C25H26N4O5. The first-order valence-electron chi connectivity index (χ1n) is 10.9. The van der Waals surface area contributed by atoms with E-state index in [2.05, 4.69) is 34.7 Å². The Morgan fingerprint density at radius 3 is 2.32 bits per heavy atom. The molecule has 0 fully saturated rings. The van der Waals surface area contributed by atoms with E-state index in [-0.39, 0.29) is 37.9 Å². The van der Waals surface area contributed by atoms with Gasteiger partial charge in [0, 0.05) is 26.6 Å². The lowest BCUT2D eigenvalue weighted by molar-refractivity contribution is -0.137. The highest BCUT2D eigenvalue weighted by molar-refractivity contribution is 5.95. The SMILES string of the molecule is CN(CCC(=O)O)C(=O)c1cnn(C)c1CNC(=O)OCC1c2ccccc2-c2ccccc21. The van der Waals surface area contributed by atoms with Gasteiger partial charge in [0.25, 0.3) is 5.91 Å². The molecule has 0 saturated carbocycles. The van der Waals surface area contributed by atoms with Crippen LogP contribution in [0.1, 0.15) is 39.5 Å². The first kappa shape index (κ1) is 23.0. The number of ether oxygens (including phenoxy) is 1. The molecule has 0 spiro atoms. The summed E-state index contributed by atoms with van der Waals surface area (Å²) in [6, 6.07) is 16.2. The summed E-state index contributed by atoms with van der Waals surface area (Å²) < 4.78 is 7.05. The van der Waals surface area contributed by atoms with Crippen LogP contribution in [-0.2, 0) is 23.1 Å². The summed E-state index contributed by atoms with van der Waals surface area (Å²) in [7, 11) is 3.20. The van der Waals surface area contributed by atoms with Crippen LogP contribution in [0.3, 0.4) is 0 Å². The van der Waals surface area contributed by atoms with Crippen LogP contribution in [0, 0.1) is 0 Å². The summed E-state index contributed by atoms with van der Waals surface area (Å²) in [5.41, 5.74) is 5.35. The predicted octanol–water partition coefficient (Wildman–Crippen LogP) is 3.01. The zero-order valence-electron chi connectivity index (χ0n) is 19.0. The topological polar surface area (TPSA) is 114 Å². The molecule has 3 aromatic rings. The van der Waals surface area contributed by atoms with Gasteiger partial charge in [-0.2, -0.15) is 5.10 Å². The lowest BCUT2D eigenvalue weighted by Gasteiger charge is -2.17. The second kappa shape index (κ2) is 9.78. The molecule has 1 aromatic heterocycles. The second-order valence-electron chi connectivity index (χ2n) is 8.18. The highest BCUT2D eigenvalue weighted by Crippen LogP contribution is 2.44. The molecule has 1 heterocycles. The van der Waals surface area contributed by atoms with Gasteiger partial charge in [-0.05, 0) is 22.3 Å². The maximum atomic E-state index is 12.7. The lowest BCUT2D eigenvalue weighted by atomic mass is 9.98. The van der Waals surface area contributed by atoms with Crippen LogP contribution < -0.4 is 5.32 Å². The van der Waals surface area contributed by atoms with Crippen LogP contribution >= 0.6 is 0 Å². The van der Waals surface area contributed by atoms with Gasteiger partial charge in [-0.3, -0.25) is 14.3 Å². The number of carbonyl (C=O) groups is 3. The number of nitrogens with one attached hydrogen (secondary N) is 1. The maximum absolute atomic E-state index is 12.7. The molecule has 2 N–H and O–H groups in total. The summed E-state index contributed by atoms with van der Waals surface area (Å²) >= 11 is 0. The molecule has 9 heteroatoms. The molecule has 0 unspecified atom stereocenters. The number of carbonyl (C=O) groups excluding carboxylic acids is 2. The Morgan fingerprint density at radius 1 is 1.09 bits per heavy atom. The molecule has 0 aliphatic heterocycles. The molecule has 0 saturated heterocycles. The minimum absolute atomic E-state index is 0.0427. The van der Waals surface area contributed by atoms with Crippen LogP contribution in [0.5, 0.6) is 0 Å². The molecular weight excluding hydrogens is 436 g/mol. The molecule has 9 nitrogen and oxygen atoms in total. The van der Waals surface area contributed by atoms with E-state index in [0.29, 0.717) is 11.3 Å². The Hall–Kier alpha value is -4.14. The number of nitrogens with zero attached hydrogens (tertiary/aromatic N) is 3. The number of hydrogen-bond acceptors (Lipinski definition) is 5. The summed E-state index contributed by atoms with van der Waals surface area (Å²) in [6.45, 7) is 0.304. The third kappa shape index (κ3) is 4.63. The summed E-state index contributed by atoms with van der Waals surface area (Å²) in [5.74, 6) is -1.39. The first-order valence-corrected chi connectivity index (χ1v) is 10.9. The number of rotatable bonds is 8. The highest BCUT2D eigenvalue weighted by Gasteiger charge is 2.29. The van der Waals surface area contributed by atoms with Crippen LogP contribution in [-0.4, -0.2) is 58.0 Å². The van der Waals surface area contributed by atoms with Crippen LogP contribution in [0.15, 0.2) is 54.7 Å². The van der Waals surface area contributed by atoms with Gasteiger partial charge in [-0.1, -0.05) is 48.5 Å². The fourth-order valence-corrected chi connectivity index (χ4v) is 4.23. The minimum atomic E-state index is -0.983. The molecule has 1 aliphatic carbocycles. The van der Waals surface area contributed by atoms with Gasteiger partial charge in [-0.25, -0.2) is 4.79 Å². The summed E-state index contributed by atoms with van der Waals surface area (Å²) in [6.07, 6.45) is 0.658. The number of amides is 2. The largest absolute Gasteiger partial charge is 0.481 e. The quantitative estimate of drug-likeness (QED) is 0.532. The van der Waals surface area contributed by atoms with Crippen molar-refractivity contribution in [1.29, 1.82) is 0 Å². The van der Waals surface area contributed by atoms with Crippen molar-refractivity contribution in [1.82, 2.24) is 20.0 Å². The Morgan fingerprint density at radius 2 is 1.71 bits per heavy atom.